The summed E-state index contributed by atoms with van der Waals surface area (Å²) in [5.74, 6) is 1.34. The Labute approximate surface area is 205 Å². The Balaban J connectivity index is 0.979. The summed E-state index contributed by atoms with van der Waals surface area (Å²) in [5.41, 5.74) is 3.59. The molecule has 6 nitrogen and oxygen atoms in total. The van der Waals surface area contributed by atoms with Gasteiger partial charge in [0.1, 0.15) is 12.2 Å². The number of aliphatic hydroxyl groups is 1. The molecule has 35 heavy (non-hydrogen) atoms. The molecule has 0 aromatic heterocycles. The van der Waals surface area contributed by atoms with Crippen LogP contribution >= 0.6 is 0 Å². The van der Waals surface area contributed by atoms with Crippen LogP contribution in [0.15, 0.2) is 54.6 Å². The van der Waals surface area contributed by atoms with Gasteiger partial charge in [-0.25, -0.2) is 4.79 Å². The van der Waals surface area contributed by atoms with Gasteiger partial charge in [-0.2, -0.15) is 0 Å². The van der Waals surface area contributed by atoms with Crippen molar-refractivity contribution in [2.75, 3.05) is 13.7 Å². The molecule has 7 rings (SSSR count). The molecule has 0 radical (unpaired) electrons. The summed E-state index contributed by atoms with van der Waals surface area (Å²) in [5, 5.41) is 10.8. The minimum atomic E-state index is -0.695. The number of benzene rings is 2. The van der Waals surface area contributed by atoms with Crippen LogP contribution < -0.4 is 9.47 Å². The highest BCUT2D eigenvalue weighted by molar-refractivity contribution is 5.73. The van der Waals surface area contributed by atoms with Crippen molar-refractivity contribution in [1.29, 1.82) is 0 Å². The number of rotatable bonds is 8. The maximum absolute atomic E-state index is 12.5. The van der Waals surface area contributed by atoms with Gasteiger partial charge in [-0.05, 0) is 49.9 Å². The number of fused-ring (bicyclic) bond motifs is 1. The van der Waals surface area contributed by atoms with Crippen molar-refractivity contribution in [3.05, 3.63) is 71.3 Å². The molecule has 182 valence electrons. The van der Waals surface area contributed by atoms with Crippen LogP contribution in [0.3, 0.4) is 0 Å². The van der Waals surface area contributed by atoms with Crippen LogP contribution in [0, 0.1) is 5.92 Å². The van der Waals surface area contributed by atoms with E-state index < -0.39 is 12.3 Å². The van der Waals surface area contributed by atoms with E-state index in [2.05, 4.69) is 48.4 Å². The number of hydrogen-bond acceptors (Lipinski definition) is 6. The lowest BCUT2D eigenvalue weighted by Gasteiger charge is -2.40. The second-order valence-corrected chi connectivity index (χ2v) is 10.8. The molecule has 6 heteroatoms. The number of carbonyl (C=O) groups excluding carboxylic acids is 1. The highest BCUT2D eigenvalue weighted by Gasteiger charge is 2.84. The molecule has 2 spiro atoms. The smallest absolute Gasteiger partial charge is 0.482 e. The highest BCUT2D eigenvalue weighted by Crippen LogP contribution is 2.80. The van der Waals surface area contributed by atoms with E-state index in [1.807, 2.05) is 18.2 Å². The lowest BCUT2D eigenvalue weighted by atomic mass is 9.64. The van der Waals surface area contributed by atoms with Crippen LogP contribution in [-0.2, 0) is 22.1 Å². The third kappa shape index (κ3) is 2.81. The van der Waals surface area contributed by atoms with Crippen molar-refractivity contribution in [3.8, 4) is 11.5 Å². The van der Waals surface area contributed by atoms with Crippen molar-refractivity contribution in [3.63, 3.8) is 0 Å². The molecule has 1 saturated carbocycles. The topological polar surface area (TPSA) is 68.0 Å². The van der Waals surface area contributed by atoms with Gasteiger partial charge >= 0.3 is 6.16 Å². The summed E-state index contributed by atoms with van der Waals surface area (Å²) in [7, 11) is 2.18. The third-order valence-electron chi connectivity index (χ3n) is 9.21. The number of aliphatic hydroxyl groups excluding tert-OH is 1. The van der Waals surface area contributed by atoms with Crippen molar-refractivity contribution in [1.82, 2.24) is 4.90 Å². The number of likely N-dealkylation sites (N-methyl/N-ethyl adjacent to an activating group) is 1. The average molecular weight is 474 g/mol. The number of piperidine rings is 1. The van der Waals surface area contributed by atoms with Gasteiger partial charge in [0.15, 0.2) is 11.5 Å². The Morgan fingerprint density at radius 2 is 1.94 bits per heavy atom. The Morgan fingerprint density at radius 3 is 2.80 bits per heavy atom. The summed E-state index contributed by atoms with van der Waals surface area (Å²) in [6, 6.07) is 14.9. The number of carbonyl (C=O) groups is 1. The SMILES string of the molecule is CN1C2C3C=CC(O)C4Oc5c(OC(=O)OCCCCCCc6ccccc6)ccc6c5C34CC621. The van der Waals surface area contributed by atoms with Crippen LogP contribution in [0.1, 0.15) is 48.8 Å². The fourth-order valence-corrected chi connectivity index (χ4v) is 7.75. The predicted molar refractivity (Wildman–Crippen MR) is 130 cm³/mol. The zero-order valence-electron chi connectivity index (χ0n) is 20.0. The van der Waals surface area contributed by atoms with E-state index in [1.165, 1.54) is 11.1 Å². The minimum Gasteiger partial charge on any atom is -0.482 e. The van der Waals surface area contributed by atoms with Crippen molar-refractivity contribution < 1.29 is 24.1 Å². The Morgan fingerprint density at radius 1 is 1.11 bits per heavy atom. The molecule has 2 fully saturated rings. The first kappa shape index (κ1) is 21.5. The van der Waals surface area contributed by atoms with Gasteiger partial charge in [-0.1, -0.05) is 61.4 Å². The molecule has 2 bridgehead atoms. The Bertz CT molecular complexity index is 1210. The second kappa shape index (κ2) is 7.58. The summed E-state index contributed by atoms with van der Waals surface area (Å²) in [6.45, 7) is 0.345. The number of likely N-dealkylation sites (tertiary alicyclic amines) is 1. The molecule has 2 aliphatic heterocycles. The lowest BCUT2D eigenvalue weighted by Crippen LogP contribution is -2.51. The quantitative estimate of drug-likeness (QED) is 0.201. The second-order valence-electron chi connectivity index (χ2n) is 10.8. The molecule has 1 saturated heterocycles. The van der Waals surface area contributed by atoms with E-state index in [-0.39, 0.29) is 17.1 Å². The van der Waals surface area contributed by atoms with E-state index in [0.29, 0.717) is 30.1 Å². The first-order valence-electron chi connectivity index (χ1n) is 12.9. The summed E-state index contributed by atoms with van der Waals surface area (Å²) < 4.78 is 17.3. The van der Waals surface area contributed by atoms with Gasteiger partial charge in [0.2, 0.25) is 0 Å². The molecule has 2 heterocycles. The van der Waals surface area contributed by atoms with Crippen molar-refractivity contribution in [2.24, 2.45) is 5.92 Å². The van der Waals surface area contributed by atoms with Gasteiger partial charge in [0.05, 0.1) is 12.1 Å². The number of unbranched alkanes of at least 4 members (excludes halogenated alkanes) is 3. The van der Waals surface area contributed by atoms with Gasteiger partial charge in [-0.3, -0.25) is 4.90 Å². The summed E-state index contributed by atoms with van der Waals surface area (Å²) >= 11 is 0. The van der Waals surface area contributed by atoms with Crippen LogP contribution in [0.2, 0.25) is 0 Å². The normalized spacial score (nSPS) is 35.9. The van der Waals surface area contributed by atoms with E-state index in [0.717, 1.165) is 44.1 Å². The van der Waals surface area contributed by atoms with Crippen LogP contribution in [-0.4, -0.2) is 48.1 Å². The Kier molecular flexibility index (Phi) is 4.65. The first-order valence-corrected chi connectivity index (χ1v) is 12.9. The fourth-order valence-electron chi connectivity index (χ4n) is 7.75. The van der Waals surface area contributed by atoms with Crippen LogP contribution in [0.25, 0.3) is 0 Å². The molecule has 7 unspecified atom stereocenters. The first-order chi connectivity index (χ1) is 17.1. The van der Waals surface area contributed by atoms with Gasteiger partial charge in [-0.15, -0.1) is 0 Å². The molecule has 0 amide bonds. The number of nitrogens with zero attached hydrogens (tertiary/aromatic N) is 1. The third-order valence-corrected chi connectivity index (χ3v) is 9.21. The number of hydrogen-bond donors (Lipinski definition) is 1. The monoisotopic (exact) mass is 473 g/mol. The Hall–Kier alpha value is -2.83. The summed E-state index contributed by atoms with van der Waals surface area (Å²) in [6.07, 6.45) is 8.48. The zero-order valence-corrected chi connectivity index (χ0v) is 20.0. The van der Waals surface area contributed by atoms with Crippen LogP contribution in [0.4, 0.5) is 4.79 Å². The maximum Gasteiger partial charge on any atom is 0.513 e. The molecule has 1 N–H and O–H groups in total. The van der Waals surface area contributed by atoms with Crippen LogP contribution in [0.5, 0.6) is 11.5 Å². The van der Waals surface area contributed by atoms with Crippen molar-refractivity contribution in [2.45, 2.75) is 67.7 Å². The number of ether oxygens (including phenoxy) is 3. The van der Waals surface area contributed by atoms with E-state index in [9.17, 15) is 9.90 Å². The molecule has 3 aliphatic carbocycles. The fraction of sp³-hybridized carbons (Fsp3) is 0.483. The standard InChI is InChI=1S/C29H31NO5/c1-30-25-20-12-14-21(31)26-28(20)17-29(25,30)19-13-15-22(24(35-26)23(19)28)34-27(32)33-16-8-3-2-5-9-18-10-6-4-7-11-18/h4,6-7,10-15,20-21,25-26,31H,2-3,5,8-9,16-17H2,1H3. The maximum atomic E-state index is 12.5. The summed E-state index contributed by atoms with van der Waals surface area (Å²) in [4.78, 5) is 14.9. The molecular formula is C29H31NO5. The lowest BCUT2D eigenvalue weighted by molar-refractivity contribution is 0.00579. The average Bonchev–Trinajstić information content (AvgIpc) is 3.16. The van der Waals surface area contributed by atoms with Gasteiger partial charge < -0.3 is 19.3 Å². The zero-order chi connectivity index (χ0) is 23.8. The van der Waals surface area contributed by atoms with E-state index >= 15 is 0 Å². The molecular weight excluding hydrogens is 442 g/mol. The molecule has 7 atom stereocenters. The highest BCUT2D eigenvalue weighted by atomic mass is 16.7. The molecule has 2 aromatic rings. The molecule has 5 aliphatic rings. The van der Waals surface area contributed by atoms with E-state index in [1.54, 1.807) is 0 Å². The largest absolute Gasteiger partial charge is 0.513 e. The number of aryl methyl sites for hydroxylation is 1. The minimum absolute atomic E-state index is 0.0325. The van der Waals surface area contributed by atoms with E-state index in [4.69, 9.17) is 14.2 Å². The van der Waals surface area contributed by atoms with Gasteiger partial charge in [0.25, 0.3) is 0 Å². The molecule has 2 aromatic carbocycles. The van der Waals surface area contributed by atoms with Gasteiger partial charge in [0, 0.05) is 22.9 Å². The van der Waals surface area contributed by atoms with Crippen molar-refractivity contribution >= 4 is 6.16 Å². The predicted octanol–water partition coefficient (Wildman–Crippen LogP) is 4.48.